The quantitative estimate of drug-likeness (QED) is 0.889. The maximum atomic E-state index is 4.59. The topological polar surface area (TPSA) is 48.1 Å². The lowest BCUT2D eigenvalue weighted by Crippen LogP contribution is -2.34. The summed E-state index contributed by atoms with van der Waals surface area (Å²) in [6.07, 6.45) is 8.31. The van der Waals surface area contributed by atoms with Crippen molar-refractivity contribution in [2.75, 3.05) is 31.1 Å². The fraction of sp³-hybridized carbons (Fsp3) is 0.625. The average molecular weight is 319 g/mol. The van der Waals surface area contributed by atoms with Crippen LogP contribution in [0.15, 0.2) is 18.6 Å². The van der Waals surface area contributed by atoms with Gasteiger partial charge in [-0.1, -0.05) is 0 Å². The minimum atomic E-state index is 0.541. The molecule has 3 rings (SSSR count). The minimum absolute atomic E-state index is 0.541. The number of imidazole rings is 1. The first-order chi connectivity index (χ1) is 10.8. The highest BCUT2D eigenvalue weighted by Gasteiger charge is 2.23. The summed E-state index contributed by atoms with van der Waals surface area (Å²) in [5, 5.41) is 1.15. The lowest BCUT2D eigenvalue weighted by atomic mass is 9.97. The number of hydrogen-bond donors (Lipinski definition) is 1. The third-order valence-electron chi connectivity index (χ3n) is 4.37. The molecule has 1 fully saturated rings. The van der Waals surface area contributed by atoms with Crippen LogP contribution in [0.2, 0.25) is 0 Å². The summed E-state index contributed by atoms with van der Waals surface area (Å²) in [4.78, 5) is 18.5. The number of piperidine rings is 1. The highest BCUT2D eigenvalue weighted by atomic mass is 32.1. The molecule has 120 valence electrons. The number of aromatic amines is 1. The molecule has 3 heterocycles. The van der Waals surface area contributed by atoms with E-state index in [2.05, 4.69) is 44.8 Å². The van der Waals surface area contributed by atoms with Gasteiger partial charge in [0.1, 0.15) is 5.82 Å². The standard InChI is InChI=1S/C16H25N5S/c1-3-21(4-2)16-19-10-14(22-16)12-20-9-5-6-13(11-20)15-17-7-8-18-15/h7-8,10,13H,3-6,9,11-12H2,1-2H3,(H,17,18). The first kappa shape index (κ1) is 15.5. The Morgan fingerprint density at radius 3 is 2.95 bits per heavy atom. The summed E-state index contributed by atoms with van der Waals surface area (Å²) in [6, 6.07) is 0. The number of nitrogens with one attached hydrogen (secondary N) is 1. The molecule has 0 bridgehead atoms. The van der Waals surface area contributed by atoms with Crippen LogP contribution < -0.4 is 4.90 Å². The number of H-pyrrole nitrogens is 1. The number of nitrogens with zero attached hydrogens (tertiary/aromatic N) is 4. The Morgan fingerprint density at radius 1 is 1.36 bits per heavy atom. The van der Waals surface area contributed by atoms with Gasteiger partial charge in [-0.05, 0) is 33.2 Å². The number of likely N-dealkylation sites (tertiary alicyclic amines) is 1. The van der Waals surface area contributed by atoms with Crippen molar-refractivity contribution in [3.63, 3.8) is 0 Å². The molecule has 2 aromatic rings. The van der Waals surface area contributed by atoms with E-state index in [4.69, 9.17) is 0 Å². The van der Waals surface area contributed by atoms with Gasteiger partial charge in [0.2, 0.25) is 0 Å². The normalized spacial score (nSPS) is 19.5. The molecule has 0 amide bonds. The largest absolute Gasteiger partial charge is 0.349 e. The van der Waals surface area contributed by atoms with Gasteiger partial charge in [0.15, 0.2) is 5.13 Å². The molecule has 1 saturated heterocycles. The smallest absolute Gasteiger partial charge is 0.185 e. The van der Waals surface area contributed by atoms with Gasteiger partial charge in [-0.25, -0.2) is 9.97 Å². The molecule has 1 aliphatic heterocycles. The number of hydrogen-bond acceptors (Lipinski definition) is 5. The number of aromatic nitrogens is 3. The van der Waals surface area contributed by atoms with E-state index in [0.29, 0.717) is 5.92 Å². The van der Waals surface area contributed by atoms with Gasteiger partial charge in [-0.15, -0.1) is 11.3 Å². The summed E-state index contributed by atoms with van der Waals surface area (Å²) < 4.78 is 0. The molecule has 2 aromatic heterocycles. The lowest BCUT2D eigenvalue weighted by Gasteiger charge is -2.31. The molecule has 1 N–H and O–H groups in total. The SMILES string of the molecule is CCN(CC)c1ncc(CN2CCCC(c3ncc[nH]3)C2)s1. The Hall–Kier alpha value is -1.40. The van der Waals surface area contributed by atoms with Crippen LogP contribution in [0.3, 0.4) is 0 Å². The molecule has 0 aromatic carbocycles. The fourth-order valence-corrected chi connectivity index (χ4v) is 4.23. The molecule has 5 nitrogen and oxygen atoms in total. The third kappa shape index (κ3) is 3.50. The summed E-state index contributed by atoms with van der Waals surface area (Å²) in [6.45, 7) is 9.69. The molecule has 1 atom stereocenters. The predicted octanol–water partition coefficient (Wildman–Crippen LogP) is 3.09. The predicted molar refractivity (Wildman–Crippen MR) is 91.5 cm³/mol. The van der Waals surface area contributed by atoms with Gasteiger partial charge in [0.25, 0.3) is 0 Å². The summed E-state index contributed by atoms with van der Waals surface area (Å²) in [5.74, 6) is 1.68. The van der Waals surface area contributed by atoms with Gasteiger partial charge < -0.3 is 9.88 Å². The minimum Gasteiger partial charge on any atom is -0.349 e. The second-order valence-corrected chi connectivity index (χ2v) is 6.92. The Labute approximate surface area is 136 Å². The molecule has 1 aliphatic rings. The Bertz CT molecular complexity index is 561. The van der Waals surface area contributed by atoms with Crippen molar-refractivity contribution in [1.29, 1.82) is 0 Å². The molecule has 0 aliphatic carbocycles. The third-order valence-corrected chi connectivity index (χ3v) is 5.41. The average Bonchev–Trinajstić information content (AvgIpc) is 3.21. The molecule has 0 radical (unpaired) electrons. The van der Waals surface area contributed by atoms with E-state index >= 15 is 0 Å². The maximum Gasteiger partial charge on any atom is 0.185 e. The second-order valence-electron chi connectivity index (χ2n) is 5.83. The zero-order valence-corrected chi connectivity index (χ0v) is 14.3. The summed E-state index contributed by atoms with van der Waals surface area (Å²) in [7, 11) is 0. The van der Waals surface area contributed by atoms with Crippen molar-refractivity contribution < 1.29 is 0 Å². The van der Waals surface area contributed by atoms with Gasteiger partial charge >= 0.3 is 0 Å². The molecular formula is C16H25N5S. The van der Waals surface area contributed by atoms with E-state index in [0.717, 1.165) is 37.1 Å². The van der Waals surface area contributed by atoms with Crippen LogP contribution in [0.4, 0.5) is 5.13 Å². The lowest BCUT2D eigenvalue weighted by molar-refractivity contribution is 0.198. The number of thiazole rings is 1. The molecular weight excluding hydrogens is 294 g/mol. The highest BCUT2D eigenvalue weighted by Crippen LogP contribution is 2.28. The first-order valence-electron chi connectivity index (χ1n) is 8.21. The first-order valence-corrected chi connectivity index (χ1v) is 9.03. The van der Waals surface area contributed by atoms with E-state index in [1.165, 1.54) is 24.3 Å². The highest BCUT2D eigenvalue weighted by molar-refractivity contribution is 7.15. The van der Waals surface area contributed by atoms with E-state index in [9.17, 15) is 0 Å². The zero-order chi connectivity index (χ0) is 15.4. The zero-order valence-electron chi connectivity index (χ0n) is 13.5. The van der Waals surface area contributed by atoms with Gasteiger partial charge in [0.05, 0.1) is 0 Å². The van der Waals surface area contributed by atoms with Crippen molar-refractivity contribution in [2.45, 2.75) is 39.2 Å². The maximum absolute atomic E-state index is 4.59. The molecule has 6 heteroatoms. The Kier molecular flexibility index (Phi) is 5.10. The van der Waals surface area contributed by atoms with Crippen LogP contribution in [0.1, 0.15) is 43.3 Å². The number of anilines is 1. The van der Waals surface area contributed by atoms with Crippen LogP contribution in [-0.4, -0.2) is 46.0 Å². The summed E-state index contributed by atoms with van der Waals surface area (Å²) >= 11 is 1.83. The van der Waals surface area contributed by atoms with Crippen molar-refractivity contribution in [2.24, 2.45) is 0 Å². The fourth-order valence-electron chi connectivity index (χ4n) is 3.15. The van der Waals surface area contributed by atoms with E-state index in [1.54, 1.807) is 0 Å². The van der Waals surface area contributed by atoms with Crippen LogP contribution in [0.5, 0.6) is 0 Å². The van der Waals surface area contributed by atoms with E-state index < -0.39 is 0 Å². The molecule has 1 unspecified atom stereocenters. The molecule has 0 spiro atoms. The van der Waals surface area contributed by atoms with E-state index in [1.807, 2.05) is 23.7 Å². The van der Waals surface area contributed by atoms with Gasteiger partial charge in [-0.2, -0.15) is 0 Å². The van der Waals surface area contributed by atoms with Crippen LogP contribution in [0, 0.1) is 0 Å². The monoisotopic (exact) mass is 319 g/mol. The van der Waals surface area contributed by atoms with Crippen molar-refractivity contribution >= 4 is 16.5 Å². The Balaban J connectivity index is 1.61. The Morgan fingerprint density at radius 2 is 2.23 bits per heavy atom. The summed E-state index contributed by atoms with van der Waals surface area (Å²) in [5.41, 5.74) is 0. The number of rotatable bonds is 6. The van der Waals surface area contributed by atoms with E-state index in [-0.39, 0.29) is 0 Å². The van der Waals surface area contributed by atoms with Gasteiger partial charge in [0, 0.05) is 55.6 Å². The van der Waals surface area contributed by atoms with Crippen LogP contribution >= 0.6 is 11.3 Å². The second kappa shape index (κ2) is 7.24. The van der Waals surface area contributed by atoms with Crippen molar-refractivity contribution in [1.82, 2.24) is 19.9 Å². The van der Waals surface area contributed by atoms with Crippen molar-refractivity contribution in [3.8, 4) is 0 Å². The van der Waals surface area contributed by atoms with Crippen LogP contribution in [0.25, 0.3) is 0 Å². The van der Waals surface area contributed by atoms with Crippen molar-refractivity contribution in [3.05, 3.63) is 29.3 Å². The van der Waals surface area contributed by atoms with Crippen LogP contribution in [-0.2, 0) is 6.54 Å². The van der Waals surface area contributed by atoms with Gasteiger partial charge in [-0.3, -0.25) is 4.90 Å². The molecule has 22 heavy (non-hydrogen) atoms. The molecule has 0 saturated carbocycles.